The lowest BCUT2D eigenvalue weighted by atomic mass is 10.1. The monoisotopic (exact) mass is 430 g/mol. The Kier molecular flexibility index (Phi) is 5.45. The zero-order chi connectivity index (χ0) is 22.0. The largest absolute Gasteiger partial charge is 0.439 e. The summed E-state index contributed by atoms with van der Waals surface area (Å²) in [5.74, 6) is 0.124. The minimum atomic E-state index is -4.46. The van der Waals surface area contributed by atoms with Crippen molar-refractivity contribution < 1.29 is 27.5 Å². The number of rotatable bonds is 5. The fraction of sp³-hybridized carbons (Fsp3) is 0.238. The van der Waals surface area contributed by atoms with Crippen molar-refractivity contribution >= 4 is 22.7 Å². The molecule has 1 atom stereocenters. The Balaban J connectivity index is 1.42. The molecule has 10 heteroatoms. The van der Waals surface area contributed by atoms with Crippen molar-refractivity contribution in [2.45, 2.75) is 25.1 Å². The highest BCUT2D eigenvalue weighted by Gasteiger charge is 2.30. The van der Waals surface area contributed by atoms with Gasteiger partial charge >= 0.3 is 6.18 Å². The van der Waals surface area contributed by atoms with E-state index in [1.807, 2.05) is 0 Å². The van der Waals surface area contributed by atoms with Gasteiger partial charge in [-0.15, -0.1) is 0 Å². The van der Waals surface area contributed by atoms with Crippen LogP contribution in [0.15, 0.2) is 48.7 Å². The zero-order valence-corrected chi connectivity index (χ0v) is 16.1. The molecule has 2 amide bonds. The second kappa shape index (κ2) is 8.21. The molecule has 1 fully saturated rings. The summed E-state index contributed by atoms with van der Waals surface area (Å²) >= 11 is 0. The van der Waals surface area contributed by atoms with Gasteiger partial charge in [0.2, 0.25) is 17.7 Å². The van der Waals surface area contributed by atoms with E-state index in [0.717, 1.165) is 17.5 Å². The van der Waals surface area contributed by atoms with Gasteiger partial charge in [0.15, 0.2) is 0 Å². The molecular formula is C21H17F3N4O3. The number of nitrogens with one attached hydrogen (secondary N) is 2. The van der Waals surface area contributed by atoms with E-state index in [4.69, 9.17) is 4.74 Å². The average molecular weight is 430 g/mol. The van der Waals surface area contributed by atoms with Crippen LogP contribution in [-0.4, -0.2) is 34.4 Å². The molecule has 1 aromatic carbocycles. The topological polar surface area (TPSA) is 93.2 Å². The molecule has 2 aromatic heterocycles. The van der Waals surface area contributed by atoms with Crippen LogP contribution in [0.3, 0.4) is 0 Å². The summed E-state index contributed by atoms with van der Waals surface area (Å²) in [5.41, 5.74) is 0.353. The lowest BCUT2D eigenvalue weighted by Gasteiger charge is -2.11. The number of hydrogen-bond donors (Lipinski definition) is 2. The Labute approximate surface area is 174 Å². The van der Waals surface area contributed by atoms with Gasteiger partial charge in [-0.25, -0.2) is 4.98 Å². The Morgan fingerprint density at radius 1 is 1.19 bits per heavy atom. The molecule has 0 spiro atoms. The third kappa shape index (κ3) is 5.08. The molecule has 0 unspecified atom stereocenters. The highest BCUT2D eigenvalue weighted by atomic mass is 19.4. The first kappa shape index (κ1) is 20.6. The van der Waals surface area contributed by atoms with Crippen LogP contribution >= 0.6 is 0 Å². The molecule has 3 aromatic rings. The van der Waals surface area contributed by atoms with Gasteiger partial charge in [-0.2, -0.15) is 13.2 Å². The number of halogens is 3. The lowest BCUT2D eigenvalue weighted by Crippen LogP contribution is -2.37. The van der Waals surface area contributed by atoms with Crippen LogP contribution in [-0.2, 0) is 22.2 Å². The molecule has 0 radical (unpaired) electrons. The first-order valence-electron chi connectivity index (χ1n) is 9.43. The van der Waals surface area contributed by atoms with Crippen molar-refractivity contribution in [2.75, 3.05) is 6.54 Å². The van der Waals surface area contributed by atoms with Crippen molar-refractivity contribution in [3.05, 3.63) is 59.9 Å². The zero-order valence-electron chi connectivity index (χ0n) is 16.1. The number of carbonyl (C=O) groups is 2. The van der Waals surface area contributed by atoms with Crippen molar-refractivity contribution in [3.63, 3.8) is 0 Å². The van der Waals surface area contributed by atoms with Gasteiger partial charge in [-0.1, -0.05) is 6.07 Å². The van der Waals surface area contributed by atoms with Gasteiger partial charge in [0, 0.05) is 30.6 Å². The van der Waals surface area contributed by atoms with E-state index in [9.17, 15) is 22.8 Å². The number of hydrogen-bond acceptors (Lipinski definition) is 5. The second-order valence-corrected chi connectivity index (χ2v) is 7.09. The van der Waals surface area contributed by atoms with Crippen LogP contribution in [0.5, 0.6) is 11.6 Å². The molecule has 3 heterocycles. The molecule has 0 aliphatic carbocycles. The third-order valence-electron chi connectivity index (χ3n) is 4.69. The highest BCUT2D eigenvalue weighted by Crippen LogP contribution is 2.30. The molecule has 160 valence electrons. The predicted molar refractivity (Wildman–Crippen MR) is 104 cm³/mol. The van der Waals surface area contributed by atoms with Gasteiger partial charge in [0.1, 0.15) is 5.75 Å². The maximum Gasteiger partial charge on any atom is 0.417 e. The molecule has 31 heavy (non-hydrogen) atoms. The van der Waals surface area contributed by atoms with E-state index in [2.05, 4.69) is 20.6 Å². The average Bonchev–Trinajstić information content (AvgIpc) is 3.12. The molecule has 0 bridgehead atoms. The van der Waals surface area contributed by atoms with E-state index in [1.54, 1.807) is 30.3 Å². The Bertz CT molecular complexity index is 1130. The molecule has 1 aliphatic rings. The first-order chi connectivity index (χ1) is 14.8. The lowest BCUT2D eigenvalue weighted by molar-refractivity contribution is -0.137. The number of fused-ring (bicyclic) bond motifs is 1. The smallest absolute Gasteiger partial charge is 0.417 e. The second-order valence-electron chi connectivity index (χ2n) is 7.09. The van der Waals surface area contributed by atoms with E-state index in [1.165, 1.54) is 0 Å². The number of amides is 2. The number of aromatic nitrogens is 2. The van der Waals surface area contributed by atoms with Crippen LogP contribution in [0, 0.1) is 0 Å². The predicted octanol–water partition coefficient (Wildman–Crippen LogP) is 2.99. The van der Waals surface area contributed by atoms with Gasteiger partial charge in [-0.3, -0.25) is 14.6 Å². The van der Waals surface area contributed by atoms with Crippen molar-refractivity contribution in [1.29, 1.82) is 0 Å². The number of carbonyl (C=O) groups excluding carboxylic acids is 2. The molecule has 1 saturated heterocycles. The minimum absolute atomic E-state index is 0.0356. The van der Waals surface area contributed by atoms with Crippen LogP contribution in [0.1, 0.15) is 17.7 Å². The molecule has 2 N–H and O–H groups in total. The molecule has 7 nitrogen and oxygen atoms in total. The summed E-state index contributed by atoms with van der Waals surface area (Å²) in [6.07, 6.45) is -3.39. The summed E-state index contributed by atoms with van der Waals surface area (Å²) in [7, 11) is 0. The highest BCUT2D eigenvalue weighted by molar-refractivity contribution is 5.84. The maximum absolute atomic E-state index is 12.6. The van der Waals surface area contributed by atoms with E-state index >= 15 is 0 Å². The quantitative estimate of drug-likeness (QED) is 0.649. The Morgan fingerprint density at radius 3 is 2.71 bits per heavy atom. The van der Waals surface area contributed by atoms with Crippen LogP contribution < -0.4 is 15.4 Å². The van der Waals surface area contributed by atoms with Crippen LogP contribution in [0.4, 0.5) is 13.2 Å². The number of alkyl halides is 3. The third-order valence-corrected chi connectivity index (χ3v) is 4.69. The summed E-state index contributed by atoms with van der Waals surface area (Å²) < 4.78 is 43.4. The molecule has 1 aliphatic heterocycles. The number of ether oxygens (including phenoxy) is 1. The molecular weight excluding hydrogens is 413 g/mol. The van der Waals surface area contributed by atoms with E-state index in [-0.39, 0.29) is 36.6 Å². The number of nitrogens with zero attached hydrogens (tertiary/aromatic N) is 2. The van der Waals surface area contributed by atoms with Gasteiger partial charge in [0.05, 0.1) is 29.2 Å². The Morgan fingerprint density at radius 2 is 2.03 bits per heavy atom. The van der Waals surface area contributed by atoms with E-state index in [0.29, 0.717) is 29.7 Å². The van der Waals surface area contributed by atoms with Crippen molar-refractivity contribution in [2.24, 2.45) is 0 Å². The Hall–Kier alpha value is -3.69. The summed E-state index contributed by atoms with van der Waals surface area (Å²) in [4.78, 5) is 31.5. The van der Waals surface area contributed by atoms with Crippen LogP contribution in [0.25, 0.3) is 10.9 Å². The van der Waals surface area contributed by atoms with Gasteiger partial charge in [-0.05, 0) is 30.3 Å². The number of pyridine rings is 2. The number of benzene rings is 1. The standard InChI is InChI=1S/C21H17F3N4O3/c22-21(23,24)13-2-6-20(26-10-13)31-16-4-5-17-12(7-16)1-3-14(27-17)8-19(30)28-15-9-18(29)25-11-15/h1-7,10,15H,8-9,11H2,(H,25,29)(H,28,30)/t15-/m1/s1. The SMILES string of the molecule is O=C1C[C@@H](NC(=O)Cc2ccc3cc(Oc4ccc(C(F)(F)F)cn4)ccc3n2)CN1. The summed E-state index contributed by atoms with van der Waals surface area (Å²) in [5, 5.41) is 6.19. The fourth-order valence-corrected chi connectivity index (χ4v) is 3.19. The van der Waals surface area contributed by atoms with Gasteiger partial charge < -0.3 is 15.4 Å². The van der Waals surface area contributed by atoms with Crippen LogP contribution in [0.2, 0.25) is 0 Å². The van der Waals surface area contributed by atoms with Crippen molar-refractivity contribution in [3.8, 4) is 11.6 Å². The van der Waals surface area contributed by atoms with E-state index < -0.39 is 11.7 Å². The minimum Gasteiger partial charge on any atom is -0.439 e. The summed E-state index contributed by atoms with van der Waals surface area (Å²) in [6.45, 7) is 0.423. The normalized spacial score (nSPS) is 16.2. The fourth-order valence-electron chi connectivity index (χ4n) is 3.19. The van der Waals surface area contributed by atoms with Gasteiger partial charge in [0.25, 0.3) is 0 Å². The molecule has 0 saturated carbocycles. The summed E-state index contributed by atoms with van der Waals surface area (Å²) in [6, 6.07) is 10.3. The maximum atomic E-state index is 12.6. The van der Waals surface area contributed by atoms with Crippen molar-refractivity contribution in [1.82, 2.24) is 20.6 Å². The first-order valence-corrected chi connectivity index (χ1v) is 9.43. The molecule has 4 rings (SSSR count).